The molecule has 1 heterocycles. The number of carbonyl (C=O) groups excluding carboxylic acids is 3. The number of benzene rings is 2. The van der Waals surface area contributed by atoms with Crippen LogP contribution in [0.1, 0.15) is 25.7 Å². The molecule has 180 valence electrons. The molecule has 1 saturated heterocycles. The van der Waals surface area contributed by atoms with Gasteiger partial charge in [0.05, 0.1) is 12.3 Å². The van der Waals surface area contributed by atoms with Crippen molar-refractivity contribution in [1.82, 2.24) is 5.32 Å². The number of halogens is 2. The van der Waals surface area contributed by atoms with Crippen LogP contribution in [0, 0.1) is 11.7 Å². The van der Waals surface area contributed by atoms with Crippen LogP contribution in [0.15, 0.2) is 42.5 Å². The molecule has 2 unspecified atom stereocenters. The summed E-state index contributed by atoms with van der Waals surface area (Å²) < 4.78 is 20.0. The van der Waals surface area contributed by atoms with Crippen molar-refractivity contribution in [2.24, 2.45) is 5.92 Å². The minimum atomic E-state index is -1.24. The first kappa shape index (κ1) is 24.0. The van der Waals surface area contributed by atoms with E-state index in [-0.39, 0.29) is 24.1 Å². The van der Waals surface area contributed by atoms with Gasteiger partial charge in [-0.25, -0.2) is 9.18 Å². The van der Waals surface area contributed by atoms with Crippen molar-refractivity contribution >= 4 is 46.5 Å². The molecule has 0 spiro atoms. The molecule has 34 heavy (non-hydrogen) atoms. The third kappa shape index (κ3) is 5.15. The van der Waals surface area contributed by atoms with Crippen molar-refractivity contribution in [3.8, 4) is 0 Å². The number of nitrogens with zero attached hydrogens (tertiary/aromatic N) is 1. The topological polar surface area (TPSA) is 99.8 Å². The van der Waals surface area contributed by atoms with Crippen LogP contribution >= 0.6 is 11.6 Å². The lowest BCUT2D eigenvalue weighted by Gasteiger charge is -2.27. The number of rotatable bonds is 7. The summed E-state index contributed by atoms with van der Waals surface area (Å²) in [5.74, 6) is -1.50. The number of ether oxygens (including phenoxy) is 1. The molecule has 4 amide bonds. The second-order valence-corrected chi connectivity index (χ2v) is 8.97. The van der Waals surface area contributed by atoms with Crippen LogP contribution in [0.4, 0.5) is 26.2 Å². The van der Waals surface area contributed by atoms with Crippen molar-refractivity contribution in [1.29, 1.82) is 0 Å². The Morgan fingerprint density at radius 1 is 1.18 bits per heavy atom. The second-order valence-electron chi connectivity index (χ2n) is 8.53. The zero-order chi connectivity index (χ0) is 24.3. The Hall–Kier alpha value is -3.17. The first-order chi connectivity index (χ1) is 16.3. The van der Waals surface area contributed by atoms with Gasteiger partial charge in [-0.2, -0.15) is 0 Å². The molecule has 3 N–H and O–H groups in total. The molecule has 2 aliphatic rings. The predicted octanol–water partition coefficient (Wildman–Crippen LogP) is 4.16. The van der Waals surface area contributed by atoms with Crippen LogP contribution in [-0.4, -0.2) is 43.6 Å². The molecule has 4 rings (SSSR count). The van der Waals surface area contributed by atoms with Gasteiger partial charge in [0.2, 0.25) is 5.91 Å². The maximum Gasteiger partial charge on any atom is 0.320 e. The first-order valence-electron chi connectivity index (χ1n) is 11.1. The summed E-state index contributed by atoms with van der Waals surface area (Å²) in [6.45, 7) is 0.797. The zero-order valence-electron chi connectivity index (χ0n) is 18.7. The van der Waals surface area contributed by atoms with E-state index in [1.807, 2.05) is 0 Å². The molecule has 1 aliphatic heterocycles. The van der Waals surface area contributed by atoms with Gasteiger partial charge in [-0.15, -0.1) is 0 Å². The normalized spacial score (nSPS) is 21.7. The van der Waals surface area contributed by atoms with Crippen molar-refractivity contribution in [2.75, 3.05) is 35.8 Å². The highest BCUT2D eigenvalue weighted by atomic mass is 35.5. The van der Waals surface area contributed by atoms with E-state index >= 15 is 0 Å². The van der Waals surface area contributed by atoms with Gasteiger partial charge in [0.25, 0.3) is 5.91 Å². The monoisotopic (exact) mass is 488 g/mol. The Balaban J connectivity index is 1.45. The number of nitrogens with one attached hydrogen (secondary N) is 3. The van der Waals surface area contributed by atoms with Crippen LogP contribution in [0.5, 0.6) is 0 Å². The van der Waals surface area contributed by atoms with Gasteiger partial charge >= 0.3 is 6.03 Å². The number of piperidine rings is 1. The van der Waals surface area contributed by atoms with Gasteiger partial charge in [-0.3, -0.25) is 9.59 Å². The number of hydrogen-bond acceptors (Lipinski definition) is 4. The molecule has 0 radical (unpaired) electrons. The van der Waals surface area contributed by atoms with Crippen LogP contribution in [0.2, 0.25) is 5.02 Å². The smallest absolute Gasteiger partial charge is 0.320 e. The highest BCUT2D eigenvalue weighted by Gasteiger charge is 2.61. The third-order valence-corrected chi connectivity index (χ3v) is 6.40. The fourth-order valence-corrected chi connectivity index (χ4v) is 4.33. The summed E-state index contributed by atoms with van der Waals surface area (Å²) in [6, 6.07) is 10.2. The number of methoxy groups -OCH3 is 1. The van der Waals surface area contributed by atoms with Crippen LogP contribution in [-0.2, 0) is 14.3 Å². The van der Waals surface area contributed by atoms with E-state index in [0.29, 0.717) is 35.8 Å². The third-order valence-electron chi connectivity index (χ3n) is 6.15. The number of carbonyl (C=O) groups is 3. The maximum atomic E-state index is 14.8. The standard InChI is InChI=1S/C24H26ClFN4O4/c1-34-14-15-13-24(15,29-23(33)27-17-7-5-16(25)6-8-17)22(32)28-20-10-9-18(12-19(20)26)30-11-3-2-4-21(30)31/h5-10,12,15H,2-4,11,13-14H2,1H3,(H,28,32)(H2,27,29,33). The van der Waals surface area contributed by atoms with Crippen molar-refractivity contribution < 1.29 is 23.5 Å². The molecular formula is C24H26ClFN4O4. The lowest BCUT2D eigenvalue weighted by molar-refractivity contribution is -0.120. The Labute approximate surface area is 201 Å². The van der Waals surface area contributed by atoms with Gasteiger partial charge in [-0.05, 0) is 61.7 Å². The molecular weight excluding hydrogens is 463 g/mol. The van der Waals surface area contributed by atoms with E-state index in [1.54, 1.807) is 35.2 Å². The molecule has 1 aliphatic carbocycles. The van der Waals surface area contributed by atoms with E-state index in [4.69, 9.17) is 16.3 Å². The molecule has 2 aromatic rings. The van der Waals surface area contributed by atoms with Gasteiger partial charge in [-0.1, -0.05) is 11.6 Å². The lowest BCUT2D eigenvalue weighted by atomic mass is 10.1. The summed E-state index contributed by atoms with van der Waals surface area (Å²) in [6.07, 6.45) is 2.48. The SMILES string of the molecule is COCC1CC1(NC(=O)Nc1ccc(Cl)cc1)C(=O)Nc1ccc(N2CCCCC2=O)cc1F. The lowest BCUT2D eigenvalue weighted by Crippen LogP contribution is -2.50. The second kappa shape index (κ2) is 9.99. The van der Waals surface area contributed by atoms with E-state index in [9.17, 15) is 18.8 Å². The molecule has 2 fully saturated rings. The minimum absolute atomic E-state index is 0.0273. The molecule has 0 aromatic heterocycles. The summed E-state index contributed by atoms with van der Waals surface area (Å²) >= 11 is 5.87. The van der Waals surface area contributed by atoms with E-state index in [0.717, 1.165) is 12.8 Å². The number of urea groups is 1. The highest BCUT2D eigenvalue weighted by molar-refractivity contribution is 6.30. The quantitative estimate of drug-likeness (QED) is 0.545. The molecule has 1 saturated carbocycles. The molecule has 0 bridgehead atoms. The fourth-order valence-electron chi connectivity index (χ4n) is 4.20. The van der Waals surface area contributed by atoms with E-state index in [2.05, 4.69) is 16.0 Å². The largest absolute Gasteiger partial charge is 0.384 e. The summed E-state index contributed by atoms with van der Waals surface area (Å²) in [5.41, 5.74) is -0.296. The Kier molecular flexibility index (Phi) is 7.04. The van der Waals surface area contributed by atoms with Gasteiger partial charge in [0, 0.05) is 42.4 Å². The Morgan fingerprint density at radius 3 is 2.62 bits per heavy atom. The molecule has 2 atom stereocenters. The van der Waals surface area contributed by atoms with Gasteiger partial charge in [0.15, 0.2) is 0 Å². The van der Waals surface area contributed by atoms with Crippen LogP contribution < -0.4 is 20.9 Å². The zero-order valence-corrected chi connectivity index (χ0v) is 19.5. The molecule has 2 aromatic carbocycles. The van der Waals surface area contributed by atoms with E-state index < -0.39 is 23.3 Å². The number of anilines is 3. The minimum Gasteiger partial charge on any atom is -0.384 e. The average Bonchev–Trinajstić information content (AvgIpc) is 3.50. The Morgan fingerprint density at radius 2 is 1.94 bits per heavy atom. The van der Waals surface area contributed by atoms with Crippen molar-refractivity contribution in [3.63, 3.8) is 0 Å². The fraction of sp³-hybridized carbons (Fsp3) is 0.375. The van der Waals surface area contributed by atoms with Crippen molar-refractivity contribution in [3.05, 3.63) is 53.3 Å². The Bertz CT molecular complexity index is 1100. The first-order valence-corrected chi connectivity index (χ1v) is 11.5. The summed E-state index contributed by atoms with van der Waals surface area (Å²) in [5, 5.41) is 8.50. The van der Waals surface area contributed by atoms with Gasteiger partial charge in [0.1, 0.15) is 11.4 Å². The number of amides is 4. The average molecular weight is 489 g/mol. The summed E-state index contributed by atoms with van der Waals surface area (Å²) in [4.78, 5) is 39.4. The van der Waals surface area contributed by atoms with Crippen molar-refractivity contribution in [2.45, 2.75) is 31.2 Å². The van der Waals surface area contributed by atoms with Gasteiger partial charge < -0.3 is 25.6 Å². The molecule has 10 heteroatoms. The number of hydrogen-bond donors (Lipinski definition) is 3. The predicted molar refractivity (Wildman–Crippen MR) is 128 cm³/mol. The van der Waals surface area contributed by atoms with Crippen LogP contribution in [0.3, 0.4) is 0 Å². The van der Waals surface area contributed by atoms with E-state index in [1.165, 1.54) is 19.2 Å². The maximum absolute atomic E-state index is 14.8. The summed E-state index contributed by atoms with van der Waals surface area (Å²) in [7, 11) is 1.51. The molecule has 8 nitrogen and oxygen atoms in total. The van der Waals surface area contributed by atoms with Crippen LogP contribution in [0.25, 0.3) is 0 Å². The highest BCUT2D eigenvalue weighted by Crippen LogP contribution is 2.45.